The molecule has 0 radical (unpaired) electrons. The average molecular weight is 240 g/mol. The Morgan fingerprint density at radius 1 is 1.00 bits per heavy atom. The summed E-state index contributed by atoms with van der Waals surface area (Å²) in [5, 5.41) is 0. The molecule has 16 heavy (non-hydrogen) atoms. The van der Waals surface area contributed by atoms with E-state index in [9.17, 15) is 22.0 Å². The summed E-state index contributed by atoms with van der Waals surface area (Å²) >= 11 is 0. The largest absolute Gasteiger partial charge is 0.458 e. The van der Waals surface area contributed by atoms with Crippen LogP contribution in [0.15, 0.2) is 24.3 Å². The van der Waals surface area contributed by atoms with Crippen molar-refractivity contribution in [3.63, 3.8) is 0 Å². The molecular formula is C9H9F5N2. The van der Waals surface area contributed by atoms with Crippen molar-refractivity contribution in [1.82, 2.24) is 5.43 Å². The van der Waals surface area contributed by atoms with Crippen molar-refractivity contribution >= 4 is 0 Å². The van der Waals surface area contributed by atoms with Gasteiger partial charge in [-0.3, -0.25) is 11.3 Å². The number of halogens is 5. The van der Waals surface area contributed by atoms with Gasteiger partial charge in [0.15, 0.2) is 0 Å². The third kappa shape index (κ3) is 2.48. The van der Waals surface area contributed by atoms with Crippen LogP contribution in [0.1, 0.15) is 11.1 Å². The van der Waals surface area contributed by atoms with Crippen LogP contribution in [0.3, 0.4) is 0 Å². The van der Waals surface area contributed by atoms with Gasteiger partial charge < -0.3 is 0 Å². The summed E-state index contributed by atoms with van der Waals surface area (Å²) in [7, 11) is 0. The number of nitrogens with two attached hydrogens (primary N) is 1. The van der Waals surface area contributed by atoms with Crippen LogP contribution in [0.4, 0.5) is 22.0 Å². The third-order valence-electron chi connectivity index (χ3n) is 1.98. The molecule has 0 amide bonds. The molecule has 0 aliphatic carbocycles. The Hall–Kier alpha value is -1.21. The Morgan fingerprint density at radius 2 is 1.50 bits per heavy atom. The van der Waals surface area contributed by atoms with Gasteiger partial charge in [0.25, 0.3) is 0 Å². The molecule has 7 heteroatoms. The Bertz CT molecular complexity index is 344. The SMILES string of the molecule is NNCc1ccc(C(F)(F)C(F)(F)F)cc1. The van der Waals surface area contributed by atoms with Gasteiger partial charge in [-0.2, -0.15) is 22.0 Å². The molecule has 0 heterocycles. The molecule has 0 aliphatic heterocycles. The highest BCUT2D eigenvalue weighted by atomic mass is 19.4. The summed E-state index contributed by atoms with van der Waals surface area (Å²) in [6, 6.07) is 3.80. The molecule has 0 saturated heterocycles. The lowest BCUT2D eigenvalue weighted by atomic mass is 10.1. The average Bonchev–Trinajstić information content (AvgIpc) is 2.17. The minimum absolute atomic E-state index is 0.192. The number of hydrogen-bond donors (Lipinski definition) is 2. The summed E-state index contributed by atoms with van der Waals surface area (Å²) in [6.07, 6.45) is -5.58. The molecule has 90 valence electrons. The lowest BCUT2D eigenvalue weighted by Gasteiger charge is -2.19. The molecule has 0 fully saturated rings. The van der Waals surface area contributed by atoms with Crippen molar-refractivity contribution < 1.29 is 22.0 Å². The highest BCUT2D eigenvalue weighted by Crippen LogP contribution is 2.43. The van der Waals surface area contributed by atoms with Gasteiger partial charge in [-0.15, -0.1) is 0 Å². The van der Waals surface area contributed by atoms with E-state index >= 15 is 0 Å². The summed E-state index contributed by atoms with van der Waals surface area (Å²) in [5.74, 6) is 0.144. The lowest BCUT2D eigenvalue weighted by molar-refractivity contribution is -0.289. The molecule has 0 unspecified atom stereocenters. The van der Waals surface area contributed by atoms with Crippen molar-refractivity contribution in [2.24, 2.45) is 5.84 Å². The predicted molar refractivity (Wildman–Crippen MR) is 47.4 cm³/mol. The predicted octanol–water partition coefficient (Wildman–Crippen LogP) is 2.30. The minimum atomic E-state index is -5.58. The van der Waals surface area contributed by atoms with E-state index in [1.807, 2.05) is 0 Å². The maximum atomic E-state index is 12.8. The van der Waals surface area contributed by atoms with Crippen LogP contribution in [-0.2, 0) is 12.5 Å². The van der Waals surface area contributed by atoms with Gasteiger partial charge in [0.2, 0.25) is 0 Å². The number of benzene rings is 1. The molecule has 2 nitrogen and oxygen atoms in total. The summed E-state index contributed by atoms with van der Waals surface area (Å²) in [5.41, 5.74) is 1.70. The van der Waals surface area contributed by atoms with Gasteiger partial charge in [-0.25, -0.2) is 0 Å². The Balaban J connectivity index is 2.97. The van der Waals surface area contributed by atoms with Crippen LogP contribution >= 0.6 is 0 Å². The second-order valence-electron chi connectivity index (χ2n) is 3.15. The van der Waals surface area contributed by atoms with Crippen molar-refractivity contribution in [3.05, 3.63) is 35.4 Å². The van der Waals surface area contributed by atoms with Crippen molar-refractivity contribution in [2.45, 2.75) is 18.6 Å². The quantitative estimate of drug-likeness (QED) is 0.483. The van der Waals surface area contributed by atoms with Crippen LogP contribution in [0, 0.1) is 0 Å². The van der Waals surface area contributed by atoms with E-state index in [0.29, 0.717) is 5.56 Å². The molecule has 0 saturated carbocycles. The highest BCUT2D eigenvalue weighted by molar-refractivity contribution is 5.26. The first-order chi connectivity index (χ1) is 7.29. The molecule has 1 rings (SSSR count). The standard InChI is InChI=1S/C9H9F5N2/c10-8(11,9(12,13)14)7-3-1-6(2-4-7)5-16-15/h1-4,16H,5,15H2. The van der Waals surface area contributed by atoms with Crippen LogP contribution in [0.5, 0.6) is 0 Å². The van der Waals surface area contributed by atoms with Crippen LogP contribution in [0.2, 0.25) is 0 Å². The van der Waals surface area contributed by atoms with Crippen LogP contribution in [-0.4, -0.2) is 6.18 Å². The maximum absolute atomic E-state index is 12.8. The fraction of sp³-hybridized carbons (Fsp3) is 0.333. The minimum Gasteiger partial charge on any atom is -0.271 e. The smallest absolute Gasteiger partial charge is 0.271 e. The molecule has 1 aromatic carbocycles. The lowest BCUT2D eigenvalue weighted by Crippen LogP contribution is -2.33. The first-order valence-electron chi connectivity index (χ1n) is 4.26. The van der Waals surface area contributed by atoms with E-state index in [1.54, 1.807) is 0 Å². The summed E-state index contributed by atoms with van der Waals surface area (Å²) in [6.45, 7) is 0.192. The number of rotatable bonds is 3. The van der Waals surface area contributed by atoms with Crippen molar-refractivity contribution in [2.75, 3.05) is 0 Å². The monoisotopic (exact) mass is 240 g/mol. The van der Waals surface area contributed by atoms with Gasteiger partial charge in [0.1, 0.15) is 0 Å². The second kappa shape index (κ2) is 4.34. The number of hydrazine groups is 1. The van der Waals surface area contributed by atoms with Crippen LogP contribution < -0.4 is 11.3 Å². The molecule has 0 aromatic heterocycles. The van der Waals surface area contributed by atoms with E-state index < -0.39 is 17.7 Å². The zero-order valence-electron chi connectivity index (χ0n) is 7.98. The topological polar surface area (TPSA) is 38.0 Å². The molecule has 0 aliphatic rings. The van der Waals surface area contributed by atoms with Gasteiger partial charge >= 0.3 is 12.1 Å². The molecule has 0 bridgehead atoms. The number of alkyl halides is 5. The molecule has 0 spiro atoms. The van der Waals surface area contributed by atoms with Crippen molar-refractivity contribution in [1.29, 1.82) is 0 Å². The summed E-state index contributed by atoms with van der Waals surface area (Å²) < 4.78 is 61.6. The Labute approximate surface area is 88.2 Å². The maximum Gasteiger partial charge on any atom is 0.458 e. The Kier molecular flexibility index (Phi) is 3.49. The summed E-state index contributed by atoms with van der Waals surface area (Å²) in [4.78, 5) is 0. The van der Waals surface area contributed by atoms with Gasteiger partial charge in [0, 0.05) is 12.1 Å². The Morgan fingerprint density at radius 3 is 1.88 bits per heavy atom. The molecule has 3 N–H and O–H groups in total. The number of hydrogen-bond acceptors (Lipinski definition) is 2. The fourth-order valence-corrected chi connectivity index (χ4v) is 1.11. The zero-order chi connectivity index (χ0) is 12.4. The first-order valence-corrected chi connectivity index (χ1v) is 4.26. The van der Waals surface area contributed by atoms with Gasteiger partial charge in [-0.05, 0) is 5.56 Å². The van der Waals surface area contributed by atoms with Crippen LogP contribution in [0.25, 0.3) is 0 Å². The van der Waals surface area contributed by atoms with E-state index in [0.717, 1.165) is 24.3 Å². The van der Waals surface area contributed by atoms with Gasteiger partial charge in [-0.1, -0.05) is 24.3 Å². The molecule has 1 aromatic rings. The number of nitrogens with one attached hydrogen (secondary N) is 1. The zero-order valence-corrected chi connectivity index (χ0v) is 7.98. The second-order valence-corrected chi connectivity index (χ2v) is 3.15. The van der Waals surface area contributed by atoms with E-state index in [-0.39, 0.29) is 6.54 Å². The fourth-order valence-electron chi connectivity index (χ4n) is 1.11. The van der Waals surface area contributed by atoms with E-state index in [1.165, 1.54) is 0 Å². The van der Waals surface area contributed by atoms with E-state index in [4.69, 9.17) is 5.84 Å². The van der Waals surface area contributed by atoms with E-state index in [2.05, 4.69) is 5.43 Å². The highest BCUT2D eigenvalue weighted by Gasteiger charge is 2.58. The molecule has 0 atom stereocenters. The third-order valence-corrected chi connectivity index (χ3v) is 1.98. The van der Waals surface area contributed by atoms with Gasteiger partial charge in [0.05, 0.1) is 0 Å². The first kappa shape index (κ1) is 12.9. The molecular weight excluding hydrogens is 231 g/mol. The van der Waals surface area contributed by atoms with Crippen molar-refractivity contribution in [3.8, 4) is 0 Å². The normalized spacial score (nSPS) is 12.9.